The zero-order valence-corrected chi connectivity index (χ0v) is 13.8. The largest absolute Gasteiger partial charge is 0.345 e. The maximum atomic E-state index is 13.8. The molecule has 0 bridgehead atoms. The van der Waals surface area contributed by atoms with E-state index in [0.717, 1.165) is 10.0 Å². The molecule has 0 aliphatic carbocycles. The molecule has 5 heteroatoms. The van der Waals surface area contributed by atoms with E-state index in [-0.39, 0.29) is 16.1 Å². The maximum absolute atomic E-state index is 13.8. The molecule has 0 heterocycles. The van der Waals surface area contributed by atoms with Gasteiger partial charge in [-0.3, -0.25) is 4.79 Å². The fourth-order valence-electron chi connectivity index (χ4n) is 1.79. The first-order valence-corrected chi connectivity index (χ1v) is 7.58. The van der Waals surface area contributed by atoms with Crippen LogP contribution in [0.4, 0.5) is 4.39 Å². The van der Waals surface area contributed by atoms with Crippen molar-refractivity contribution in [1.29, 1.82) is 0 Å². The summed E-state index contributed by atoms with van der Waals surface area (Å²) in [5.74, 6) is -0.979. The number of nitrogens with one attached hydrogen (secondary N) is 1. The summed E-state index contributed by atoms with van der Waals surface area (Å²) < 4.78 is 15.1. The molecule has 0 aliphatic heterocycles. The summed E-state index contributed by atoms with van der Waals surface area (Å²) in [6.45, 7) is 1.86. The molecule has 0 radical (unpaired) electrons. The summed E-state index contributed by atoms with van der Waals surface area (Å²) in [5.41, 5.74) is 0.986. The zero-order valence-electron chi connectivity index (χ0n) is 10.7. The van der Waals surface area contributed by atoms with Gasteiger partial charge >= 0.3 is 0 Å². The lowest BCUT2D eigenvalue weighted by Gasteiger charge is -2.15. The molecule has 0 fully saturated rings. The molecule has 1 atom stereocenters. The van der Waals surface area contributed by atoms with Crippen molar-refractivity contribution in [3.63, 3.8) is 0 Å². The molecule has 2 aromatic rings. The van der Waals surface area contributed by atoms with Crippen LogP contribution in [0, 0.1) is 5.82 Å². The zero-order chi connectivity index (χ0) is 14.7. The van der Waals surface area contributed by atoms with Crippen molar-refractivity contribution in [2.75, 3.05) is 0 Å². The average Bonchev–Trinajstić information content (AvgIpc) is 2.42. The van der Waals surface area contributed by atoms with Crippen LogP contribution in [-0.4, -0.2) is 5.91 Å². The van der Waals surface area contributed by atoms with E-state index >= 15 is 0 Å². The summed E-state index contributed by atoms with van der Waals surface area (Å²) in [6.07, 6.45) is 0. The summed E-state index contributed by atoms with van der Waals surface area (Å²) in [7, 11) is 0. The molecular weight excluding hydrogens is 389 g/mol. The van der Waals surface area contributed by atoms with Crippen LogP contribution < -0.4 is 5.32 Å². The Kier molecular flexibility index (Phi) is 4.94. The average molecular weight is 401 g/mol. The van der Waals surface area contributed by atoms with Gasteiger partial charge in [0.15, 0.2) is 0 Å². The van der Waals surface area contributed by atoms with Crippen LogP contribution in [0.5, 0.6) is 0 Å². The molecule has 0 aliphatic rings. The molecule has 0 spiro atoms. The van der Waals surface area contributed by atoms with Gasteiger partial charge in [0.25, 0.3) is 5.91 Å². The van der Waals surface area contributed by atoms with E-state index in [1.54, 1.807) is 12.1 Å². The van der Waals surface area contributed by atoms with Crippen LogP contribution in [0.3, 0.4) is 0 Å². The quantitative estimate of drug-likeness (QED) is 0.784. The third-order valence-electron chi connectivity index (χ3n) is 2.91. The molecule has 20 heavy (non-hydrogen) atoms. The summed E-state index contributed by atoms with van der Waals surface area (Å²) >= 11 is 6.43. The predicted octanol–water partition coefficient (Wildman–Crippen LogP) is 4.84. The van der Waals surface area contributed by atoms with E-state index in [1.165, 1.54) is 6.07 Å². The first-order valence-electron chi connectivity index (χ1n) is 5.99. The number of hydrogen-bond acceptors (Lipinski definition) is 1. The Morgan fingerprint density at radius 2 is 1.80 bits per heavy atom. The standard InChI is InChI=1S/C15H12Br2FNO/c1-9(10-5-7-11(16)8-6-10)19-15(20)12-3-2-4-13(17)14(12)18/h2-9H,1H3,(H,19,20)/t9-/m1/s1. The predicted molar refractivity (Wildman–Crippen MR) is 84.1 cm³/mol. The SMILES string of the molecule is C[C@@H](NC(=O)c1cccc(Br)c1F)c1ccc(Br)cc1. The van der Waals surface area contributed by atoms with Gasteiger partial charge in [0.2, 0.25) is 0 Å². The lowest BCUT2D eigenvalue weighted by atomic mass is 10.1. The van der Waals surface area contributed by atoms with Crippen molar-refractivity contribution >= 4 is 37.8 Å². The summed E-state index contributed by atoms with van der Waals surface area (Å²) in [4.78, 5) is 12.1. The third kappa shape index (κ3) is 3.46. The number of benzene rings is 2. The number of carbonyl (C=O) groups excluding carboxylic acids is 1. The summed E-state index contributed by atoms with van der Waals surface area (Å²) in [6, 6.07) is 12.1. The van der Waals surface area contributed by atoms with E-state index in [2.05, 4.69) is 37.2 Å². The van der Waals surface area contributed by atoms with Crippen molar-refractivity contribution in [3.8, 4) is 0 Å². The molecule has 0 unspecified atom stereocenters. The molecule has 0 aromatic heterocycles. The molecule has 1 amide bonds. The van der Waals surface area contributed by atoms with Crippen molar-refractivity contribution in [2.45, 2.75) is 13.0 Å². The lowest BCUT2D eigenvalue weighted by Crippen LogP contribution is -2.27. The molecule has 2 aromatic carbocycles. The number of halogens is 3. The highest BCUT2D eigenvalue weighted by atomic mass is 79.9. The Hall–Kier alpha value is -1.20. The van der Waals surface area contributed by atoms with E-state index in [1.807, 2.05) is 31.2 Å². The van der Waals surface area contributed by atoms with Crippen LogP contribution in [-0.2, 0) is 0 Å². The molecule has 1 N–H and O–H groups in total. The number of hydrogen-bond donors (Lipinski definition) is 1. The second-order valence-corrected chi connectivity index (χ2v) is 6.12. The van der Waals surface area contributed by atoms with Crippen LogP contribution in [0.1, 0.15) is 28.9 Å². The minimum atomic E-state index is -0.548. The Morgan fingerprint density at radius 3 is 2.45 bits per heavy atom. The van der Waals surface area contributed by atoms with Gasteiger partial charge in [0.05, 0.1) is 16.1 Å². The Balaban J connectivity index is 2.15. The minimum absolute atomic E-state index is 0.0309. The number of amides is 1. The third-order valence-corrected chi connectivity index (χ3v) is 4.05. The monoisotopic (exact) mass is 399 g/mol. The molecule has 2 rings (SSSR count). The van der Waals surface area contributed by atoms with Gasteiger partial charge in [-0.15, -0.1) is 0 Å². The lowest BCUT2D eigenvalue weighted by molar-refractivity contribution is 0.0935. The minimum Gasteiger partial charge on any atom is -0.345 e. The first-order chi connectivity index (χ1) is 9.49. The van der Waals surface area contributed by atoms with Crippen molar-refractivity contribution in [3.05, 3.63) is 68.4 Å². The number of rotatable bonds is 3. The van der Waals surface area contributed by atoms with Crippen molar-refractivity contribution in [2.24, 2.45) is 0 Å². The van der Waals surface area contributed by atoms with Crippen LogP contribution >= 0.6 is 31.9 Å². The highest BCUT2D eigenvalue weighted by Crippen LogP contribution is 2.20. The highest BCUT2D eigenvalue weighted by Gasteiger charge is 2.16. The fourth-order valence-corrected chi connectivity index (χ4v) is 2.42. The highest BCUT2D eigenvalue weighted by molar-refractivity contribution is 9.10. The molecule has 0 saturated carbocycles. The van der Waals surface area contributed by atoms with Crippen molar-refractivity contribution < 1.29 is 9.18 Å². The van der Waals surface area contributed by atoms with Gasteiger partial charge < -0.3 is 5.32 Å². The van der Waals surface area contributed by atoms with E-state index < -0.39 is 11.7 Å². The molecule has 104 valence electrons. The topological polar surface area (TPSA) is 29.1 Å². The van der Waals surface area contributed by atoms with Gasteiger partial charge in [0, 0.05) is 4.47 Å². The van der Waals surface area contributed by atoms with Gasteiger partial charge in [-0.2, -0.15) is 0 Å². The van der Waals surface area contributed by atoms with E-state index in [0.29, 0.717) is 0 Å². The fraction of sp³-hybridized carbons (Fsp3) is 0.133. The molecule has 2 nitrogen and oxygen atoms in total. The first kappa shape index (κ1) is 15.2. The van der Waals surface area contributed by atoms with Crippen LogP contribution in [0.15, 0.2) is 51.4 Å². The maximum Gasteiger partial charge on any atom is 0.254 e. The van der Waals surface area contributed by atoms with Gasteiger partial charge in [0.1, 0.15) is 5.82 Å². The molecule has 0 saturated heterocycles. The van der Waals surface area contributed by atoms with E-state index in [9.17, 15) is 9.18 Å². The Bertz CT molecular complexity index is 628. The Morgan fingerprint density at radius 1 is 1.15 bits per heavy atom. The Labute approximate surface area is 133 Å². The second kappa shape index (κ2) is 6.50. The van der Waals surface area contributed by atoms with E-state index in [4.69, 9.17) is 0 Å². The van der Waals surface area contributed by atoms with Gasteiger partial charge in [-0.05, 0) is 52.7 Å². The second-order valence-electron chi connectivity index (χ2n) is 4.35. The van der Waals surface area contributed by atoms with Crippen LogP contribution in [0.25, 0.3) is 0 Å². The van der Waals surface area contributed by atoms with Gasteiger partial charge in [-0.1, -0.05) is 34.1 Å². The van der Waals surface area contributed by atoms with Crippen LogP contribution in [0.2, 0.25) is 0 Å². The van der Waals surface area contributed by atoms with Crippen molar-refractivity contribution in [1.82, 2.24) is 5.32 Å². The molecular formula is C15H12Br2FNO. The van der Waals surface area contributed by atoms with Gasteiger partial charge in [-0.25, -0.2) is 4.39 Å². The number of carbonyl (C=O) groups is 1. The summed E-state index contributed by atoms with van der Waals surface area (Å²) in [5, 5.41) is 2.78. The smallest absolute Gasteiger partial charge is 0.254 e. The normalized spacial score (nSPS) is 12.0.